The van der Waals surface area contributed by atoms with Crippen molar-refractivity contribution in [3.63, 3.8) is 0 Å². The monoisotopic (exact) mass is 282 g/mol. The average Bonchev–Trinajstić information content (AvgIpc) is 2.84. The third kappa shape index (κ3) is 2.90. The van der Waals surface area contributed by atoms with Crippen molar-refractivity contribution < 1.29 is 0 Å². The Kier molecular flexibility index (Phi) is 4.15. The number of rotatable bonds is 5. The number of nitrogens with one attached hydrogen (secondary N) is 1. The van der Waals surface area contributed by atoms with Crippen LogP contribution in [-0.2, 0) is 13.0 Å². The van der Waals surface area contributed by atoms with Crippen molar-refractivity contribution in [2.45, 2.75) is 39.3 Å². The molecule has 2 aromatic rings. The Hall–Kier alpha value is -1.94. The standard InChI is InChI=1S/C17H22N4/c1-3-8-18-10-15-11-20-17(12-19-15)21-13(2)9-14-6-4-5-7-16(14)21/h4-7,11-13,18H,3,8-10H2,1-2H3. The van der Waals surface area contributed by atoms with Crippen LogP contribution in [-0.4, -0.2) is 22.6 Å². The van der Waals surface area contributed by atoms with Crippen LogP contribution in [0.4, 0.5) is 11.5 Å². The fourth-order valence-electron chi connectivity index (χ4n) is 2.87. The summed E-state index contributed by atoms with van der Waals surface area (Å²) >= 11 is 0. The fraction of sp³-hybridized carbons (Fsp3) is 0.412. The van der Waals surface area contributed by atoms with Gasteiger partial charge in [-0.15, -0.1) is 0 Å². The first-order valence-electron chi connectivity index (χ1n) is 7.68. The minimum absolute atomic E-state index is 0.431. The quantitative estimate of drug-likeness (QED) is 0.856. The zero-order valence-electron chi connectivity index (χ0n) is 12.7. The molecule has 4 nitrogen and oxygen atoms in total. The molecule has 1 aromatic heterocycles. The lowest BCUT2D eigenvalue weighted by molar-refractivity contribution is 0.661. The summed E-state index contributed by atoms with van der Waals surface area (Å²) in [5.74, 6) is 0.937. The molecule has 4 heteroatoms. The second-order valence-electron chi connectivity index (χ2n) is 5.59. The maximum absolute atomic E-state index is 4.61. The number of aromatic nitrogens is 2. The van der Waals surface area contributed by atoms with Crippen LogP contribution in [0, 0.1) is 0 Å². The smallest absolute Gasteiger partial charge is 0.151 e. The van der Waals surface area contributed by atoms with E-state index in [1.165, 1.54) is 11.3 Å². The Morgan fingerprint density at radius 2 is 2.10 bits per heavy atom. The molecule has 0 radical (unpaired) electrons. The lowest BCUT2D eigenvalue weighted by Gasteiger charge is -2.23. The molecule has 1 atom stereocenters. The van der Waals surface area contributed by atoms with Gasteiger partial charge in [-0.2, -0.15) is 0 Å². The second-order valence-corrected chi connectivity index (χ2v) is 5.59. The summed E-state index contributed by atoms with van der Waals surface area (Å²) in [5.41, 5.74) is 3.64. The summed E-state index contributed by atoms with van der Waals surface area (Å²) in [6.45, 7) is 6.19. The van der Waals surface area contributed by atoms with Gasteiger partial charge < -0.3 is 10.2 Å². The summed E-state index contributed by atoms with van der Waals surface area (Å²) in [5, 5.41) is 3.35. The summed E-state index contributed by atoms with van der Waals surface area (Å²) < 4.78 is 0. The molecule has 0 bridgehead atoms. The van der Waals surface area contributed by atoms with E-state index in [2.05, 4.69) is 58.3 Å². The van der Waals surface area contributed by atoms with Gasteiger partial charge in [-0.3, -0.25) is 4.98 Å². The van der Waals surface area contributed by atoms with Crippen LogP contribution in [0.25, 0.3) is 0 Å². The Labute approximate surface area is 126 Å². The number of nitrogens with zero attached hydrogens (tertiary/aromatic N) is 3. The molecule has 1 aromatic carbocycles. The van der Waals surface area contributed by atoms with Gasteiger partial charge in [0.1, 0.15) is 0 Å². The molecular weight excluding hydrogens is 260 g/mol. The van der Waals surface area contributed by atoms with Crippen LogP contribution in [0.1, 0.15) is 31.5 Å². The molecule has 3 rings (SSSR count). The van der Waals surface area contributed by atoms with Gasteiger partial charge in [-0.25, -0.2) is 4.98 Å². The lowest BCUT2D eigenvalue weighted by atomic mass is 10.1. The van der Waals surface area contributed by atoms with Gasteiger partial charge in [-0.05, 0) is 37.9 Å². The normalized spacial score (nSPS) is 17.0. The van der Waals surface area contributed by atoms with Crippen LogP contribution in [0.2, 0.25) is 0 Å². The van der Waals surface area contributed by atoms with Crippen molar-refractivity contribution >= 4 is 11.5 Å². The zero-order chi connectivity index (χ0) is 14.7. The van der Waals surface area contributed by atoms with Crippen molar-refractivity contribution in [3.05, 3.63) is 47.9 Å². The van der Waals surface area contributed by atoms with Crippen molar-refractivity contribution in [3.8, 4) is 0 Å². The van der Waals surface area contributed by atoms with E-state index in [0.717, 1.165) is 37.4 Å². The predicted octanol–water partition coefficient (Wildman–Crippen LogP) is 3.06. The van der Waals surface area contributed by atoms with E-state index in [-0.39, 0.29) is 0 Å². The molecular formula is C17H22N4. The number of hydrogen-bond donors (Lipinski definition) is 1. The summed E-state index contributed by atoms with van der Waals surface area (Å²) in [6, 6.07) is 8.98. The lowest BCUT2D eigenvalue weighted by Crippen LogP contribution is -2.25. The van der Waals surface area contributed by atoms with E-state index < -0.39 is 0 Å². The minimum Gasteiger partial charge on any atom is -0.322 e. The topological polar surface area (TPSA) is 41.1 Å². The van der Waals surface area contributed by atoms with Crippen LogP contribution >= 0.6 is 0 Å². The molecule has 0 fully saturated rings. The molecule has 2 heterocycles. The molecule has 0 aliphatic carbocycles. The maximum Gasteiger partial charge on any atom is 0.151 e. The Bertz CT molecular complexity index is 594. The Morgan fingerprint density at radius 1 is 1.24 bits per heavy atom. The zero-order valence-corrected chi connectivity index (χ0v) is 12.7. The van der Waals surface area contributed by atoms with E-state index >= 15 is 0 Å². The number of fused-ring (bicyclic) bond motifs is 1. The van der Waals surface area contributed by atoms with Gasteiger partial charge in [0.25, 0.3) is 0 Å². The predicted molar refractivity (Wildman–Crippen MR) is 85.8 cm³/mol. The summed E-state index contributed by atoms with van der Waals surface area (Å²) in [4.78, 5) is 11.4. The highest BCUT2D eigenvalue weighted by Gasteiger charge is 2.27. The number of para-hydroxylation sites is 1. The average molecular weight is 282 g/mol. The van der Waals surface area contributed by atoms with Crippen molar-refractivity contribution in [1.29, 1.82) is 0 Å². The van der Waals surface area contributed by atoms with Gasteiger partial charge in [0.15, 0.2) is 5.82 Å². The third-order valence-corrected chi connectivity index (χ3v) is 3.88. The highest BCUT2D eigenvalue weighted by atomic mass is 15.2. The van der Waals surface area contributed by atoms with E-state index in [1.54, 1.807) is 0 Å². The molecule has 0 saturated heterocycles. The highest BCUT2D eigenvalue weighted by Crippen LogP contribution is 2.36. The number of hydrogen-bond acceptors (Lipinski definition) is 4. The minimum atomic E-state index is 0.431. The van der Waals surface area contributed by atoms with Crippen LogP contribution in [0.3, 0.4) is 0 Å². The van der Waals surface area contributed by atoms with Crippen LogP contribution in [0.5, 0.6) is 0 Å². The van der Waals surface area contributed by atoms with E-state index in [1.807, 2.05) is 12.4 Å². The van der Waals surface area contributed by atoms with Gasteiger partial charge in [0, 0.05) is 18.3 Å². The highest BCUT2D eigenvalue weighted by molar-refractivity contribution is 5.68. The van der Waals surface area contributed by atoms with E-state index in [4.69, 9.17) is 0 Å². The molecule has 21 heavy (non-hydrogen) atoms. The molecule has 1 unspecified atom stereocenters. The fourth-order valence-corrected chi connectivity index (χ4v) is 2.87. The molecule has 1 aliphatic rings. The van der Waals surface area contributed by atoms with E-state index in [0.29, 0.717) is 6.04 Å². The maximum atomic E-state index is 4.61. The van der Waals surface area contributed by atoms with Crippen LogP contribution < -0.4 is 10.2 Å². The van der Waals surface area contributed by atoms with Crippen molar-refractivity contribution in [1.82, 2.24) is 15.3 Å². The molecule has 1 N–H and O–H groups in total. The largest absolute Gasteiger partial charge is 0.322 e. The molecule has 0 saturated carbocycles. The summed E-state index contributed by atoms with van der Waals surface area (Å²) in [6.07, 6.45) is 5.97. The Morgan fingerprint density at radius 3 is 2.86 bits per heavy atom. The molecule has 1 aliphatic heterocycles. The second kappa shape index (κ2) is 6.22. The summed E-state index contributed by atoms with van der Waals surface area (Å²) in [7, 11) is 0. The van der Waals surface area contributed by atoms with Crippen molar-refractivity contribution in [2.24, 2.45) is 0 Å². The van der Waals surface area contributed by atoms with Gasteiger partial charge in [0.2, 0.25) is 0 Å². The van der Waals surface area contributed by atoms with E-state index in [9.17, 15) is 0 Å². The first-order valence-corrected chi connectivity index (χ1v) is 7.68. The molecule has 0 spiro atoms. The number of benzene rings is 1. The third-order valence-electron chi connectivity index (χ3n) is 3.88. The first-order chi connectivity index (χ1) is 10.3. The Balaban J connectivity index is 1.78. The number of anilines is 2. The first kappa shape index (κ1) is 14.0. The van der Waals surface area contributed by atoms with Gasteiger partial charge in [-0.1, -0.05) is 25.1 Å². The SMILES string of the molecule is CCCNCc1cnc(N2c3ccccc3CC2C)cn1. The molecule has 0 amide bonds. The van der Waals surface area contributed by atoms with Gasteiger partial charge in [0.05, 0.1) is 18.1 Å². The molecule has 110 valence electrons. The van der Waals surface area contributed by atoms with Crippen LogP contribution in [0.15, 0.2) is 36.7 Å². The van der Waals surface area contributed by atoms with Crippen molar-refractivity contribution in [2.75, 3.05) is 11.4 Å². The van der Waals surface area contributed by atoms with Gasteiger partial charge >= 0.3 is 0 Å².